The number of amides is 1. The molecule has 1 aromatic rings. The molecule has 2 rings (SSSR count). The molecule has 0 aromatic carbocycles. The largest absolute Gasteiger partial charge is 0.335 e. The number of carbonyl (C=O) groups is 1. The molecule has 1 aromatic heterocycles. The van der Waals surface area contributed by atoms with Crippen LogP contribution >= 0.6 is 11.3 Å². The summed E-state index contributed by atoms with van der Waals surface area (Å²) in [5.74, 6) is 0.278. The van der Waals surface area contributed by atoms with Crippen molar-refractivity contribution in [3.63, 3.8) is 0 Å². The van der Waals surface area contributed by atoms with Gasteiger partial charge in [-0.15, -0.1) is 11.3 Å². The van der Waals surface area contributed by atoms with Gasteiger partial charge < -0.3 is 10.2 Å². The van der Waals surface area contributed by atoms with Crippen LogP contribution in [0.2, 0.25) is 0 Å². The summed E-state index contributed by atoms with van der Waals surface area (Å²) in [6, 6.07) is 4.91. The topological polar surface area (TPSA) is 32.3 Å². The molecule has 19 heavy (non-hydrogen) atoms. The van der Waals surface area contributed by atoms with Gasteiger partial charge in [0.05, 0.1) is 6.54 Å². The van der Waals surface area contributed by atoms with E-state index < -0.39 is 0 Å². The van der Waals surface area contributed by atoms with Crippen molar-refractivity contribution in [3.8, 4) is 0 Å². The summed E-state index contributed by atoms with van der Waals surface area (Å²) < 4.78 is 0. The molecule has 0 saturated carbocycles. The first-order valence-corrected chi connectivity index (χ1v) is 7.96. The Hall–Kier alpha value is -0.870. The Morgan fingerprint density at radius 3 is 2.84 bits per heavy atom. The van der Waals surface area contributed by atoms with Crippen LogP contribution in [0.3, 0.4) is 0 Å². The molecule has 1 amide bonds. The molecule has 1 aliphatic rings. The van der Waals surface area contributed by atoms with Crippen molar-refractivity contribution in [2.45, 2.75) is 58.7 Å². The lowest BCUT2D eigenvalue weighted by atomic mass is 10.1. The Morgan fingerprint density at radius 2 is 2.32 bits per heavy atom. The van der Waals surface area contributed by atoms with Crippen molar-refractivity contribution in [2.75, 3.05) is 6.54 Å². The van der Waals surface area contributed by atoms with Crippen LogP contribution in [0, 0.1) is 6.92 Å². The monoisotopic (exact) mass is 280 g/mol. The lowest BCUT2D eigenvalue weighted by Gasteiger charge is -2.27. The molecule has 1 saturated heterocycles. The number of rotatable bonds is 5. The molecule has 0 radical (unpaired) electrons. The number of hydrogen-bond acceptors (Lipinski definition) is 3. The Morgan fingerprint density at radius 1 is 1.53 bits per heavy atom. The Bertz CT molecular complexity index is 422. The zero-order valence-corrected chi connectivity index (χ0v) is 12.9. The maximum absolute atomic E-state index is 12.4. The van der Waals surface area contributed by atoms with E-state index in [2.05, 4.69) is 38.2 Å². The molecular weight excluding hydrogens is 256 g/mol. The van der Waals surface area contributed by atoms with E-state index in [9.17, 15) is 4.79 Å². The third-order valence-corrected chi connectivity index (χ3v) is 4.63. The van der Waals surface area contributed by atoms with Gasteiger partial charge in [0.1, 0.15) is 0 Å². The van der Waals surface area contributed by atoms with E-state index in [0.717, 1.165) is 19.5 Å². The van der Waals surface area contributed by atoms with Crippen molar-refractivity contribution in [2.24, 2.45) is 0 Å². The lowest BCUT2D eigenvalue weighted by Crippen LogP contribution is -2.39. The molecule has 106 valence electrons. The van der Waals surface area contributed by atoms with Crippen molar-refractivity contribution < 1.29 is 4.79 Å². The van der Waals surface area contributed by atoms with Crippen molar-refractivity contribution in [3.05, 3.63) is 21.9 Å². The van der Waals surface area contributed by atoms with Gasteiger partial charge in [0.2, 0.25) is 5.91 Å². The third kappa shape index (κ3) is 4.05. The van der Waals surface area contributed by atoms with Crippen molar-refractivity contribution in [1.82, 2.24) is 10.2 Å². The average Bonchev–Trinajstić information content (AvgIpc) is 2.97. The molecule has 0 spiro atoms. The number of nitrogens with zero attached hydrogens (tertiary/aromatic N) is 1. The zero-order valence-electron chi connectivity index (χ0n) is 12.1. The predicted octanol–water partition coefficient (Wildman–Crippen LogP) is 2.94. The van der Waals surface area contributed by atoms with Crippen molar-refractivity contribution >= 4 is 17.2 Å². The molecule has 1 atom stereocenters. The first kappa shape index (κ1) is 14.5. The fourth-order valence-electron chi connectivity index (χ4n) is 2.56. The standard InChI is InChI=1S/C15H24N2OS/c1-11(2)17(10-14-7-6-12(3)19-14)15(18)9-13-5-4-8-16-13/h6-7,11,13,16H,4-5,8-10H2,1-3H3. The summed E-state index contributed by atoms with van der Waals surface area (Å²) in [4.78, 5) is 17.0. The van der Waals surface area contributed by atoms with E-state index in [1.54, 1.807) is 11.3 Å². The number of thiophene rings is 1. The summed E-state index contributed by atoms with van der Waals surface area (Å²) >= 11 is 1.78. The second-order valence-corrected chi connectivity index (χ2v) is 7.00. The van der Waals surface area contributed by atoms with Crippen LogP contribution in [0.15, 0.2) is 12.1 Å². The quantitative estimate of drug-likeness (QED) is 0.899. The highest BCUT2D eigenvalue weighted by Crippen LogP contribution is 2.20. The molecule has 1 fully saturated rings. The normalized spacial score (nSPS) is 19.1. The summed E-state index contributed by atoms with van der Waals surface area (Å²) in [5.41, 5.74) is 0. The van der Waals surface area contributed by atoms with Crippen LogP contribution in [0.1, 0.15) is 42.9 Å². The van der Waals surface area contributed by atoms with Crippen LogP contribution in [0.5, 0.6) is 0 Å². The Labute approximate surface area is 120 Å². The SMILES string of the molecule is Cc1ccc(CN(C(=O)CC2CCCN2)C(C)C)s1. The minimum absolute atomic E-state index is 0.260. The maximum atomic E-state index is 12.4. The lowest BCUT2D eigenvalue weighted by molar-refractivity contribution is -0.134. The minimum atomic E-state index is 0.260. The third-order valence-electron chi connectivity index (χ3n) is 3.65. The van der Waals surface area contributed by atoms with Gasteiger partial charge in [0.15, 0.2) is 0 Å². The second kappa shape index (κ2) is 6.53. The van der Waals surface area contributed by atoms with Crippen LogP contribution < -0.4 is 5.32 Å². The van der Waals surface area contributed by atoms with Crippen LogP contribution in [-0.4, -0.2) is 29.4 Å². The summed E-state index contributed by atoms with van der Waals surface area (Å²) in [7, 11) is 0. The molecule has 2 heterocycles. The van der Waals surface area contributed by atoms with Gasteiger partial charge in [-0.1, -0.05) is 0 Å². The predicted molar refractivity (Wildman–Crippen MR) is 80.4 cm³/mol. The van der Waals surface area contributed by atoms with Crippen LogP contribution in [0.25, 0.3) is 0 Å². The molecule has 1 N–H and O–H groups in total. The number of aryl methyl sites for hydroxylation is 1. The maximum Gasteiger partial charge on any atom is 0.224 e. The first-order chi connectivity index (χ1) is 9.06. The van der Waals surface area contributed by atoms with E-state index in [4.69, 9.17) is 0 Å². The number of carbonyl (C=O) groups excluding carboxylic acids is 1. The van der Waals surface area contributed by atoms with Gasteiger partial charge >= 0.3 is 0 Å². The summed E-state index contributed by atoms with van der Waals surface area (Å²) in [5, 5.41) is 3.40. The minimum Gasteiger partial charge on any atom is -0.335 e. The van der Waals surface area contributed by atoms with E-state index in [1.807, 2.05) is 4.90 Å². The van der Waals surface area contributed by atoms with Gasteiger partial charge in [0.25, 0.3) is 0 Å². The van der Waals surface area contributed by atoms with E-state index in [1.165, 1.54) is 16.2 Å². The first-order valence-electron chi connectivity index (χ1n) is 7.14. The van der Waals surface area contributed by atoms with E-state index in [-0.39, 0.29) is 11.9 Å². The average molecular weight is 280 g/mol. The van der Waals surface area contributed by atoms with Gasteiger partial charge in [0, 0.05) is 28.3 Å². The van der Waals surface area contributed by atoms with Crippen LogP contribution in [0.4, 0.5) is 0 Å². The van der Waals surface area contributed by atoms with Gasteiger partial charge in [-0.25, -0.2) is 0 Å². The molecule has 0 aliphatic carbocycles. The Kier molecular flexibility index (Phi) is 4.99. The molecule has 3 nitrogen and oxygen atoms in total. The highest BCUT2D eigenvalue weighted by Gasteiger charge is 2.23. The second-order valence-electron chi connectivity index (χ2n) is 5.63. The molecule has 0 bridgehead atoms. The molecule has 1 aliphatic heterocycles. The highest BCUT2D eigenvalue weighted by atomic mass is 32.1. The summed E-state index contributed by atoms with van der Waals surface area (Å²) in [6.07, 6.45) is 2.97. The molecular formula is C15H24N2OS. The fraction of sp³-hybridized carbons (Fsp3) is 0.667. The zero-order chi connectivity index (χ0) is 13.8. The fourth-order valence-corrected chi connectivity index (χ4v) is 3.45. The molecule has 4 heteroatoms. The highest BCUT2D eigenvalue weighted by molar-refractivity contribution is 7.11. The van der Waals surface area contributed by atoms with Gasteiger partial charge in [-0.3, -0.25) is 4.79 Å². The number of nitrogens with one attached hydrogen (secondary N) is 1. The van der Waals surface area contributed by atoms with E-state index >= 15 is 0 Å². The molecule has 1 unspecified atom stereocenters. The van der Waals surface area contributed by atoms with Gasteiger partial charge in [-0.05, 0) is 52.3 Å². The van der Waals surface area contributed by atoms with Crippen LogP contribution in [-0.2, 0) is 11.3 Å². The smallest absolute Gasteiger partial charge is 0.224 e. The van der Waals surface area contributed by atoms with Gasteiger partial charge in [-0.2, -0.15) is 0 Å². The summed E-state index contributed by atoms with van der Waals surface area (Å²) in [6.45, 7) is 8.12. The van der Waals surface area contributed by atoms with Crippen molar-refractivity contribution in [1.29, 1.82) is 0 Å². The van der Waals surface area contributed by atoms with E-state index in [0.29, 0.717) is 12.5 Å². The number of hydrogen-bond donors (Lipinski definition) is 1. The Balaban J connectivity index is 1.96.